The Balaban J connectivity index is 1.85. The van der Waals surface area contributed by atoms with Gasteiger partial charge in [0.2, 0.25) is 0 Å². The quantitative estimate of drug-likeness (QED) is 0.742. The van der Waals surface area contributed by atoms with Crippen LogP contribution in [-0.2, 0) is 13.0 Å². The van der Waals surface area contributed by atoms with E-state index in [1.807, 2.05) is 6.07 Å². The molecule has 3 aromatic rings. The van der Waals surface area contributed by atoms with Crippen molar-refractivity contribution in [3.8, 4) is 17.3 Å². The lowest BCUT2D eigenvalue weighted by atomic mass is 9.96. The van der Waals surface area contributed by atoms with Crippen molar-refractivity contribution in [2.45, 2.75) is 13.0 Å². The van der Waals surface area contributed by atoms with E-state index >= 15 is 0 Å². The van der Waals surface area contributed by atoms with Crippen LogP contribution in [0.5, 0.6) is 0 Å². The molecule has 1 aliphatic heterocycles. The Morgan fingerprint density at radius 1 is 1.26 bits per heavy atom. The summed E-state index contributed by atoms with van der Waals surface area (Å²) < 4.78 is 0. The highest BCUT2D eigenvalue weighted by atomic mass is 35.5. The largest absolute Gasteiger partial charge is 0.302 e. The molecule has 4 nitrogen and oxygen atoms in total. The molecule has 5 heteroatoms. The number of hydrogen-bond acceptors (Lipinski definition) is 3. The van der Waals surface area contributed by atoms with Crippen LogP contribution in [0, 0.1) is 11.3 Å². The molecule has 2 heterocycles. The van der Waals surface area contributed by atoms with Crippen LogP contribution in [0.1, 0.15) is 16.7 Å². The van der Waals surface area contributed by atoms with Crippen molar-refractivity contribution in [2.75, 3.05) is 13.6 Å². The van der Waals surface area contributed by atoms with E-state index in [0.717, 1.165) is 41.7 Å². The van der Waals surface area contributed by atoms with Crippen LogP contribution in [0.15, 0.2) is 30.3 Å². The number of aromatic nitrogens is 2. The van der Waals surface area contributed by atoms with E-state index < -0.39 is 0 Å². The van der Waals surface area contributed by atoms with Crippen molar-refractivity contribution in [1.29, 1.82) is 5.26 Å². The van der Waals surface area contributed by atoms with Gasteiger partial charge in [0.1, 0.15) is 6.07 Å². The lowest BCUT2D eigenvalue weighted by Gasteiger charge is -2.25. The Morgan fingerprint density at radius 2 is 2.13 bits per heavy atom. The second-order valence-corrected chi connectivity index (χ2v) is 6.44. The van der Waals surface area contributed by atoms with Crippen LogP contribution in [0.3, 0.4) is 0 Å². The van der Waals surface area contributed by atoms with E-state index in [1.54, 1.807) is 6.07 Å². The van der Waals surface area contributed by atoms with Gasteiger partial charge in [-0.3, -0.25) is 5.10 Å². The molecule has 0 unspecified atom stereocenters. The fourth-order valence-corrected chi connectivity index (χ4v) is 3.40. The molecule has 0 atom stereocenters. The van der Waals surface area contributed by atoms with Crippen molar-refractivity contribution in [2.24, 2.45) is 0 Å². The van der Waals surface area contributed by atoms with Crippen molar-refractivity contribution in [3.05, 3.63) is 52.0 Å². The summed E-state index contributed by atoms with van der Waals surface area (Å²) in [5.41, 5.74) is 6.01. The molecule has 0 radical (unpaired) electrons. The molecule has 0 saturated carbocycles. The number of likely N-dealkylation sites (N-methyl/N-ethyl adjacent to an activating group) is 1. The molecule has 2 aromatic carbocycles. The molecule has 1 aliphatic rings. The van der Waals surface area contributed by atoms with Crippen LogP contribution in [0.2, 0.25) is 5.02 Å². The Labute approximate surface area is 139 Å². The molecule has 0 saturated heterocycles. The summed E-state index contributed by atoms with van der Waals surface area (Å²) in [7, 11) is 2.14. The third kappa shape index (κ3) is 2.39. The highest BCUT2D eigenvalue weighted by Gasteiger charge is 2.16. The zero-order valence-electron chi connectivity index (χ0n) is 12.7. The molecule has 114 valence electrons. The van der Waals surface area contributed by atoms with Gasteiger partial charge < -0.3 is 4.90 Å². The van der Waals surface area contributed by atoms with E-state index in [1.165, 1.54) is 11.1 Å². The SMILES string of the molecule is CN1CCc2ccc(-c3n[nH]c4cc(C#N)c(Cl)cc34)cc2C1. The highest BCUT2D eigenvalue weighted by molar-refractivity contribution is 6.32. The highest BCUT2D eigenvalue weighted by Crippen LogP contribution is 2.32. The molecule has 0 aliphatic carbocycles. The number of aromatic amines is 1. The van der Waals surface area contributed by atoms with Gasteiger partial charge in [-0.05, 0) is 42.8 Å². The number of hydrogen-bond donors (Lipinski definition) is 1. The maximum Gasteiger partial charge on any atom is 0.101 e. The number of rotatable bonds is 1. The van der Waals surface area contributed by atoms with Crippen LogP contribution >= 0.6 is 11.6 Å². The Kier molecular flexibility index (Phi) is 3.33. The minimum atomic E-state index is 0.459. The number of halogens is 1. The van der Waals surface area contributed by atoms with E-state index in [9.17, 15) is 0 Å². The van der Waals surface area contributed by atoms with E-state index in [2.05, 4.69) is 46.4 Å². The van der Waals surface area contributed by atoms with Gasteiger partial charge in [0.05, 0.1) is 21.8 Å². The van der Waals surface area contributed by atoms with Crippen LogP contribution in [-0.4, -0.2) is 28.7 Å². The number of benzene rings is 2. The van der Waals surface area contributed by atoms with Gasteiger partial charge in [0, 0.05) is 24.0 Å². The fraction of sp³-hybridized carbons (Fsp3) is 0.222. The van der Waals surface area contributed by atoms with E-state index in [4.69, 9.17) is 16.9 Å². The lowest BCUT2D eigenvalue weighted by molar-refractivity contribution is 0.313. The fourth-order valence-electron chi connectivity index (χ4n) is 3.19. The first kappa shape index (κ1) is 14.3. The number of H-pyrrole nitrogens is 1. The molecule has 0 amide bonds. The number of nitrogens with one attached hydrogen (secondary N) is 1. The predicted molar refractivity (Wildman–Crippen MR) is 91.3 cm³/mol. The van der Waals surface area contributed by atoms with Gasteiger partial charge >= 0.3 is 0 Å². The van der Waals surface area contributed by atoms with Gasteiger partial charge in [0.15, 0.2) is 0 Å². The van der Waals surface area contributed by atoms with E-state index in [0.29, 0.717) is 10.6 Å². The lowest BCUT2D eigenvalue weighted by Crippen LogP contribution is -2.26. The van der Waals surface area contributed by atoms with Crippen molar-refractivity contribution < 1.29 is 0 Å². The summed E-state index contributed by atoms with van der Waals surface area (Å²) in [5.74, 6) is 0. The monoisotopic (exact) mass is 322 g/mol. The molecule has 0 spiro atoms. The number of nitrogens with zero attached hydrogens (tertiary/aromatic N) is 3. The first-order chi connectivity index (χ1) is 11.2. The zero-order valence-corrected chi connectivity index (χ0v) is 13.5. The normalized spacial score (nSPS) is 14.7. The predicted octanol–water partition coefficient (Wildman–Crippen LogP) is 3.74. The second-order valence-electron chi connectivity index (χ2n) is 6.03. The van der Waals surface area contributed by atoms with Crippen molar-refractivity contribution in [1.82, 2.24) is 15.1 Å². The maximum atomic E-state index is 9.09. The average molecular weight is 323 g/mol. The zero-order chi connectivity index (χ0) is 16.0. The summed E-state index contributed by atoms with van der Waals surface area (Å²) in [6.07, 6.45) is 1.09. The summed E-state index contributed by atoms with van der Waals surface area (Å²) in [6.45, 7) is 2.06. The van der Waals surface area contributed by atoms with Crippen molar-refractivity contribution >= 4 is 22.5 Å². The Hall–Kier alpha value is -2.35. The summed E-state index contributed by atoms with van der Waals surface area (Å²) in [4.78, 5) is 2.32. The first-order valence-electron chi connectivity index (χ1n) is 7.54. The van der Waals surface area contributed by atoms with Gasteiger partial charge in [-0.25, -0.2) is 0 Å². The number of fused-ring (bicyclic) bond motifs is 2. The third-order valence-corrected chi connectivity index (χ3v) is 4.77. The summed E-state index contributed by atoms with van der Waals surface area (Å²) in [5, 5.41) is 17.9. The summed E-state index contributed by atoms with van der Waals surface area (Å²) in [6, 6.07) is 12.2. The molecular weight excluding hydrogens is 308 g/mol. The van der Waals surface area contributed by atoms with Gasteiger partial charge in [0.25, 0.3) is 0 Å². The molecule has 1 N–H and O–H groups in total. The Bertz CT molecular complexity index is 952. The number of nitriles is 1. The topological polar surface area (TPSA) is 55.7 Å². The van der Waals surface area contributed by atoms with Crippen LogP contribution < -0.4 is 0 Å². The van der Waals surface area contributed by atoms with E-state index in [-0.39, 0.29) is 0 Å². The average Bonchev–Trinajstić information content (AvgIpc) is 2.95. The molecule has 0 bridgehead atoms. The maximum absolute atomic E-state index is 9.09. The third-order valence-electron chi connectivity index (χ3n) is 4.45. The minimum absolute atomic E-state index is 0.459. The van der Waals surface area contributed by atoms with Crippen LogP contribution in [0.25, 0.3) is 22.2 Å². The van der Waals surface area contributed by atoms with Crippen molar-refractivity contribution in [3.63, 3.8) is 0 Å². The molecule has 4 rings (SSSR count). The summed E-state index contributed by atoms with van der Waals surface area (Å²) >= 11 is 6.18. The standard InChI is InChI=1S/C18H15ClN4/c1-23-5-4-11-2-3-12(6-14(11)10-23)18-15-8-16(19)13(9-20)7-17(15)21-22-18/h2-3,6-8H,4-5,10H2,1H3,(H,21,22). The van der Waals surface area contributed by atoms with Gasteiger partial charge in [-0.2, -0.15) is 10.4 Å². The molecule has 1 aromatic heterocycles. The molecular formula is C18H15ClN4. The second kappa shape index (κ2) is 5.38. The minimum Gasteiger partial charge on any atom is -0.302 e. The van der Waals surface area contributed by atoms with Gasteiger partial charge in [-0.15, -0.1) is 0 Å². The molecule has 23 heavy (non-hydrogen) atoms. The van der Waals surface area contributed by atoms with Crippen LogP contribution in [0.4, 0.5) is 0 Å². The molecule has 0 fully saturated rings. The Morgan fingerprint density at radius 3 is 2.96 bits per heavy atom. The smallest absolute Gasteiger partial charge is 0.101 e. The van der Waals surface area contributed by atoms with Gasteiger partial charge in [-0.1, -0.05) is 23.7 Å². The first-order valence-corrected chi connectivity index (χ1v) is 7.92.